The number of thiophene rings is 1. The molecule has 1 saturated heterocycles. The molecule has 9 heteroatoms. The van der Waals surface area contributed by atoms with Crippen LogP contribution in [-0.4, -0.2) is 59.8 Å². The first kappa shape index (κ1) is 14.7. The molecule has 1 aliphatic rings. The Balaban J connectivity index is 1.80. The SMILES string of the molecule is OC[C@H]1OC(n2cnc3c(-c4ccsc4)ncnc32)[C@H](O)[C@@H]1O. The molecular formula is C14H14N4O4S. The maximum Gasteiger partial charge on any atom is 0.166 e. The predicted molar refractivity (Wildman–Crippen MR) is 81.6 cm³/mol. The van der Waals surface area contributed by atoms with Crippen LogP contribution in [0.5, 0.6) is 0 Å². The van der Waals surface area contributed by atoms with E-state index in [-0.39, 0.29) is 6.61 Å². The summed E-state index contributed by atoms with van der Waals surface area (Å²) in [6.45, 7) is -0.378. The standard InChI is InChI=1S/C14H14N4O4S/c19-3-8-11(20)12(21)14(22-8)18-6-17-10-9(7-1-2-23-4-7)15-5-16-13(10)18/h1-2,4-6,8,11-12,14,19-21H,3H2/t8-,11-,12-,14?/m1/s1. The molecule has 0 saturated carbocycles. The smallest absolute Gasteiger partial charge is 0.166 e. The number of aliphatic hydroxyl groups is 3. The van der Waals surface area contributed by atoms with Crippen LogP contribution in [0.1, 0.15) is 6.23 Å². The van der Waals surface area contributed by atoms with Crippen molar-refractivity contribution >= 4 is 22.5 Å². The van der Waals surface area contributed by atoms with Gasteiger partial charge in [-0.1, -0.05) is 0 Å². The van der Waals surface area contributed by atoms with Gasteiger partial charge < -0.3 is 20.1 Å². The van der Waals surface area contributed by atoms with Gasteiger partial charge >= 0.3 is 0 Å². The molecule has 0 radical (unpaired) electrons. The summed E-state index contributed by atoms with van der Waals surface area (Å²) in [5.41, 5.74) is 2.72. The van der Waals surface area contributed by atoms with Crippen molar-refractivity contribution in [2.45, 2.75) is 24.5 Å². The van der Waals surface area contributed by atoms with E-state index in [1.54, 1.807) is 15.9 Å². The van der Waals surface area contributed by atoms with Crippen LogP contribution in [-0.2, 0) is 4.74 Å². The zero-order valence-electron chi connectivity index (χ0n) is 11.9. The van der Waals surface area contributed by atoms with Crippen LogP contribution in [0.25, 0.3) is 22.4 Å². The molecule has 1 unspecified atom stereocenters. The third-order valence-electron chi connectivity index (χ3n) is 3.94. The van der Waals surface area contributed by atoms with Crippen molar-refractivity contribution in [1.29, 1.82) is 0 Å². The Morgan fingerprint density at radius 1 is 1.22 bits per heavy atom. The number of aromatic nitrogens is 4. The minimum absolute atomic E-state index is 0.378. The molecule has 0 aromatic carbocycles. The first-order chi connectivity index (χ1) is 11.2. The molecule has 4 rings (SSSR count). The van der Waals surface area contributed by atoms with Crippen molar-refractivity contribution in [2.24, 2.45) is 0 Å². The average Bonchev–Trinajstić information content (AvgIpc) is 3.28. The fourth-order valence-electron chi connectivity index (χ4n) is 2.76. The molecule has 3 aromatic rings. The van der Waals surface area contributed by atoms with Gasteiger partial charge in [-0.3, -0.25) is 4.57 Å². The molecule has 1 aliphatic heterocycles. The highest BCUT2D eigenvalue weighted by molar-refractivity contribution is 7.08. The zero-order chi connectivity index (χ0) is 16.0. The number of fused-ring (bicyclic) bond motifs is 1. The first-order valence-electron chi connectivity index (χ1n) is 7.03. The van der Waals surface area contributed by atoms with Gasteiger partial charge in [0.15, 0.2) is 11.9 Å². The molecular weight excluding hydrogens is 320 g/mol. The highest BCUT2D eigenvalue weighted by Gasteiger charge is 2.44. The molecule has 0 spiro atoms. The van der Waals surface area contributed by atoms with Gasteiger partial charge in [0.2, 0.25) is 0 Å². The van der Waals surface area contributed by atoms with E-state index in [2.05, 4.69) is 15.0 Å². The second-order valence-corrected chi connectivity index (χ2v) is 6.07. The number of nitrogens with zero attached hydrogens (tertiary/aromatic N) is 4. The summed E-state index contributed by atoms with van der Waals surface area (Å²) in [5, 5.41) is 33.2. The number of hydrogen-bond acceptors (Lipinski definition) is 8. The van der Waals surface area contributed by atoms with Crippen molar-refractivity contribution < 1.29 is 20.1 Å². The van der Waals surface area contributed by atoms with Crippen molar-refractivity contribution in [3.8, 4) is 11.3 Å². The maximum atomic E-state index is 10.2. The topological polar surface area (TPSA) is 114 Å². The maximum absolute atomic E-state index is 10.2. The summed E-state index contributed by atoms with van der Waals surface area (Å²) < 4.78 is 7.08. The number of hydrogen-bond donors (Lipinski definition) is 3. The number of imidazole rings is 1. The second kappa shape index (κ2) is 5.62. The Kier molecular flexibility index (Phi) is 3.58. The van der Waals surface area contributed by atoms with E-state index in [1.165, 1.54) is 12.7 Å². The molecule has 0 bridgehead atoms. The number of rotatable bonds is 3. The molecule has 0 amide bonds. The van der Waals surface area contributed by atoms with Crippen LogP contribution < -0.4 is 0 Å². The third-order valence-corrected chi connectivity index (χ3v) is 4.63. The van der Waals surface area contributed by atoms with Gasteiger partial charge in [0.25, 0.3) is 0 Å². The summed E-state index contributed by atoms with van der Waals surface area (Å²) in [5.74, 6) is 0. The largest absolute Gasteiger partial charge is 0.394 e. The molecule has 0 aliphatic carbocycles. The van der Waals surface area contributed by atoms with Crippen molar-refractivity contribution in [3.63, 3.8) is 0 Å². The highest BCUT2D eigenvalue weighted by Crippen LogP contribution is 2.33. The Hall–Kier alpha value is -1.91. The number of aliphatic hydroxyl groups excluding tert-OH is 3. The quantitative estimate of drug-likeness (QED) is 0.625. The van der Waals surface area contributed by atoms with Crippen LogP contribution in [0.3, 0.4) is 0 Å². The second-order valence-electron chi connectivity index (χ2n) is 5.29. The van der Waals surface area contributed by atoms with Crippen molar-refractivity contribution in [2.75, 3.05) is 6.61 Å². The van der Waals surface area contributed by atoms with Gasteiger partial charge in [-0.2, -0.15) is 11.3 Å². The van der Waals surface area contributed by atoms with E-state index < -0.39 is 24.5 Å². The average molecular weight is 334 g/mol. The summed E-state index contributed by atoms with van der Waals surface area (Å²) in [6.07, 6.45) is -1.13. The molecule has 8 nitrogen and oxygen atoms in total. The third kappa shape index (κ3) is 2.25. The van der Waals surface area contributed by atoms with E-state index in [0.717, 1.165) is 5.56 Å². The highest BCUT2D eigenvalue weighted by atomic mass is 32.1. The van der Waals surface area contributed by atoms with E-state index >= 15 is 0 Å². The van der Waals surface area contributed by atoms with Crippen LogP contribution in [0, 0.1) is 0 Å². The molecule has 4 atom stereocenters. The van der Waals surface area contributed by atoms with Crippen molar-refractivity contribution in [1.82, 2.24) is 19.5 Å². The van der Waals surface area contributed by atoms with Crippen LogP contribution in [0.15, 0.2) is 29.5 Å². The van der Waals surface area contributed by atoms with E-state index in [1.807, 2.05) is 16.8 Å². The Bertz CT molecular complexity index is 821. The Morgan fingerprint density at radius 2 is 2.09 bits per heavy atom. The van der Waals surface area contributed by atoms with Gasteiger partial charge in [0.1, 0.15) is 35.8 Å². The van der Waals surface area contributed by atoms with Crippen LogP contribution >= 0.6 is 11.3 Å². The minimum atomic E-state index is -1.18. The lowest BCUT2D eigenvalue weighted by Crippen LogP contribution is -2.33. The summed E-state index contributed by atoms with van der Waals surface area (Å²) in [4.78, 5) is 12.8. The van der Waals surface area contributed by atoms with E-state index in [0.29, 0.717) is 16.9 Å². The van der Waals surface area contributed by atoms with E-state index in [9.17, 15) is 15.3 Å². The van der Waals surface area contributed by atoms with Gasteiger partial charge in [-0.05, 0) is 11.4 Å². The van der Waals surface area contributed by atoms with Crippen LogP contribution in [0.4, 0.5) is 0 Å². The molecule has 1 fully saturated rings. The first-order valence-corrected chi connectivity index (χ1v) is 7.97. The lowest BCUT2D eigenvalue weighted by atomic mass is 10.1. The minimum Gasteiger partial charge on any atom is -0.394 e. The van der Waals surface area contributed by atoms with Crippen molar-refractivity contribution in [3.05, 3.63) is 29.5 Å². The molecule has 3 N–H and O–H groups in total. The molecule has 4 heterocycles. The van der Waals surface area contributed by atoms with Gasteiger partial charge in [-0.25, -0.2) is 15.0 Å². The summed E-state index contributed by atoms with van der Waals surface area (Å²) >= 11 is 1.56. The van der Waals surface area contributed by atoms with Gasteiger partial charge in [0.05, 0.1) is 12.9 Å². The summed E-state index contributed by atoms with van der Waals surface area (Å²) in [6, 6.07) is 1.94. The van der Waals surface area contributed by atoms with E-state index in [4.69, 9.17) is 4.74 Å². The zero-order valence-corrected chi connectivity index (χ0v) is 12.7. The number of ether oxygens (including phenoxy) is 1. The fraction of sp³-hybridized carbons (Fsp3) is 0.357. The Labute approximate surface area is 134 Å². The monoisotopic (exact) mass is 334 g/mol. The Morgan fingerprint density at radius 3 is 2.78 bits per heavy atom. The van der Waals surface area contributed by atoms with Gasteiger partial charge in [0, 0.05) is 10.9 Å². The molecule has 3 aromatic heterocycles. The lowest BCUT2D eigenvalue weighted by molar-refractivity contribution is -0.0511. The normalized spacial score (nSPS) is 27.8. The molecule has 23 heavy (non-hydrogen) atoms. The van der Waals surface area contributed by atoms with Gasteiger partial charge in [-0.15, -0.1) is 0 Å². The lowest BCUT2D eigenvalue weighted by Gasteiger charge is -2.16. The predicted octanol–water partition coefficient (Wildman–Crippen LogP) is 0.166. The summed E-state index contributed by atoms with van der Waals surface area (Å²) in [7, 11) is 0. The van der Waals surface area contributed by atoms with Crippen LogP contribution in [0.2, 0.25) is 0 Å². The molecule has 120 valence electrons. The fourth-order valence-corrected chi connectivity index (χ4v) is 3.40.